The van der Waals surface area contributed by atoms with E-state index in [0.29, 0.717) is 12.2 Å². The standard InChI is InChI=1S/C20H16O/c21-20(19-12-15-7-2-4-11-18(15)19)13-16-9-5-8-14-6-1-3-10-17(14)16/h1-11,19H,12-13H2. The highest BCUT2D eigenvalue weighted by Crippen LogP contribution is 2.36. The first-order valence-electron chi connectivity index (χ1n) is 7.40. The van der Waals surface area contributed by atoms with Gasteiger partial charge >= 0.3 is 0 Å². The summed E-state index contributed by atoms with van der Waals surface area (Å²) in [5, 5.41) is 2.40. The van der Waals surface area contributed by atoms with Gasteiger partial charge in [0.1, 0.15) is 5.78 Å². The second kappa shape index (κ2) is 4.85. The van der Waals surface area contributed by atoms with E-state index in [1.807, 2.05) is 30.3 Å². The van der Waals surface area contributed by atoms with Gasteiger partial charge in [0.15, 0.2) is 0 Å². The number of carbonyl (C=O) groups is 1. The summed E-state index contributed by atoms with van der Waals surface area (Å²) in [5.74, 6) is 0.435. The maximum absolute atomic E-state index is 12.6. The van der Waals surface area contributed by atoms with E-state index in [-0.39, 0.29) is 5.92 Å². The lowest BCUT2D eigenvalue weighted by Gasteiger charge is -2.29. The summed E-state index contributed by atoms with van der Waals surface area (Å²) in [6.07, 6.45) is 1.43. The Bertz CT molecular complexity index is 827. The SMILES string of the molecule is O=C(Cc1cccc2ccccc12)C1Cc2ccccc21. The Balaban J connectivity index is 1.63. The monoisotopic (exact) mass is 272 g/mol. The van der Waals surface area contributed by atoms with Crippen LogP contribution in [-0.4, -0.2) is 5.78 Å². The first kappa shape index (κ1) is 12.3. The lowest BCUT2D eigenvalue weighted by Crippen LogP contribution is -2.26. The van der Waals surface area contributed by atoms with Gasteiger partial charge < -0.3 is 0 Å². The van der Waals surface area contributed by atoms with Crippen molar-refractivity contribution in [1.82, 2.24) is 0 Å². The van der Waals surface area contributed by atoms with Crippen molar-refractivity contribution in [3.05, 3.63) is 83.4 Å². The molecule has 3 aromatic carbocycles. The summed E-state index contributed by atoms with van der Waals surface area (Å²) in [7, 11) is 0. The fraction of sp³-hybridized carbons (Fsp3) is 0.150. The van der Waals surface area contributed by atoms with Crippen LogP contribution in [0.15, 0.2) is 66.7 Å². The fourth-order valence-corrected chi connectivity index (χ4v) is 3.30. The number of carbonyl (C=O) groups excluding carboxylic acids is 1. The average Bonchev–Trinajstić information content (AvgIpc) is 2.49. The Hall–Kier alpha value is -2.41. The quantitative estimate of drug-likeness (QED) is 0.695. The van der Waals surface area contributed by atoms with Gasteiger partial charge in [-0.05, 0) is 33.9 Å². The predicted octanol–water partition coefficient (Wildman–Crippen LogP) is 4.29. The molecule has 0 fully saturated rings. The van der Waals surface area contributed by atoms with E-state index < -0.39 is 0 Å². The van der Waals surface area contributed by atoms with Crippen LogP contribution in [0.3, 0.4) is 0 Å². The molecule has 1 heteroatoms. The first-order chi connectivity index (χ1) is 10.3. The van der Waals surface area contributed by atoms with Crippen molar-refractivity contribution in [3.63, 3.8) is 0 Å². The largest absolute Gasteiger partial charge is 0.299 e. The molecular weight excluding hydrogens is 256 g/mol. The third-order valence-corrected chi connectivity index (χ3v) is 4.49. The van der Waals surface area contributed by atoms with Crippen molar-refractivity contribution in [3.8, 4) is 0 Å². The van der Waals surface area contributed by atoms with Gasteiger partial charge in [-0.25, -0.2) is 0 Å². The van der Waals surface area contributed by atoms with Crippen molar-refractivity contribution in [2.75, 3.05) is 0 Å². The van der Waals surface area contributed by atoms with E-state index in [1.165, 1.54) is 21.9 Å². The van der Waals surface area contributed by atoms with Crippen molar-refractivity contribution in [2.45, 2.75) is 18.8 Å². The molecule has 0 amide bonds. The Morgan fingerprint density at radius 1 is 0.905 bits per heavy atom. The van der Waals surface area contributed by atoms with E-state index in [0.717, 1.165) is 12.0 Å². The number of hydrogen-bond donors (Lipinski definition) is 0. The summed E-state index contributed by atoms with van der Waals surface area (Å²) < 4.78 is 0. The van der Waals surface area contributed by atoms with Gasteiger partial charge in [0.25, 0.3) is 0 Å². The van der Waals surface area contributed by atoms with Gasteiger partial charge in [0.05, 0.1) is 0 Å². The van der Waals surface area contributed by atoms with Gasteiger partial charge in [0, 0.05) is 12.3 Å². The molecular formula is C20H16O. The van der Waals surface area contributed by atoms with E-state index in [1.54, 1.807) is 0 Å². The topological polar surface area (TPSA) is 17.1 Å². The smallest absolute Gasteiger partial charge is 0.145 e. The molecule has 21 heavy (non-hydrogen) atoms. The molecule has 0 saturated heterocycles. The molecule has 0 aliphatic heterocycles. The molecule has 0 aromatic heterocycles. The summed E-state index contributed by atoms with van der Waals surface area (Å²) >= 11 is 0. The number of Topliss-reactive ketones (excluding diaryl/α,β-unsaturated/α-hetero) is 1. The molecule has 0 saturated carbocycles. The summed E-state index contributed by atoms with van der Waals surface area (Å²) in [6, 6.07) is 22.8. The van der Waals surface area contributed by atoms with Gasteiger partial charge in [-0.3, -0.25) is 4.79 Å². The van der Waals surface area contributed by atoms with Crippen LogP contribution in [-0.2, 0) is 17.6 Å². The molecule has 1 aliphatic rings. The number of ketones is 1. The minimum Gasteiger partial charge on any atom is -0.299 e. The van der Waals surface area contributed by atoms with Crippen molar-refractivity contribution >= 4 is 16.6 Å². The maximum atomic E-state index is 12.6. The number of fused-ring (bicyclic) bond motifs is 2. The van der Waals surface area contributed by atoms with E-state index in [9.17, 15) is 4.79 Å². The molecule has 0 heterocycles. The lowest BCUT2D eigenvalue weighted by molar-refractivity contribution is -0.120. The van der Waals surface area contributed by atoms with Gasteiger partial charge in [-0.15, -0.1) is 0 Å². The molecule has 102 valence electrons. The lowest BCUT2D eigenvalue weighted by atomic mass is 9.74. The normalized spacial score (nSPS) is 16.3. The zero-order chi connectivity index (χ0) is 14.2. The van der Waals surface area contributed by atoms with E-state index >= 15 is 0 Å². The second-order valence-corrected chi connectivity index (χ2v) is 5.74. The highest BCUT2D eigenvalue weighted by Gasteiger charge is 2.31. The first-order valence-corrected chi connectivity index (χ1v) is 7.40. The zero-order valence-electron chi connectivity index (χ0n) is 11.8. The number of benzene rings is 3. The maximum Gasteiger partial charge on any atom is 0.145 e. The summed E-state index contributed by atoms with van der Waals surface area (Å²) in [4.78, 5) is 12.6. The number of hydrogen-bond acceptors (Lipinski definition) is 1. The highest BCUT2D eigenvalue weighted by molar-refractivity contribution is 5.95. The van der Waals surface area contributed by atoms with Crippen molar-refractivity contribution in [2.24, 2.45) is 0 Å². The van der Waals surface area contributed by atoms with Crippen LogP contribution >= 0.6 is 0 Å². The summed E-state index contributed by atoms with van der Waals surface area (Å²) in [6.45, 7) is 0. The van der Waals surface area contributed by atoms with Crippen molar-refractivity contribution in [1.29, 1.82) is 0 Å². The van der Waals surface area contributed by atoms with Crippen LogP contribution in [0.2, 0.25) is 0 Å². The number of rotatable bonds is 3. The van der Waals surface area contributed by atoms with Crippen LogP contribution in [0, 0.1) is 0 Å². The minimum absolute atomic E-state index is 0.0974. The van der Waals surface area contributed by atoms with Crippen LogP contribution in [0.25, 0.3) is 10.8 Å². The molecule has 1 nitrogen and oxygen atoms in total. The molecule has 4 rings (SSSR count). The van der Waals surface area contributed by atoms with E-state index in [4.69, 9.17) is 0 Å². The van der Waals surface area contributed by atoms with Gasteiger partial charge in [-0.2, -0.15) is 0 Å². The minimum atomic E-state index is 0.0974. The predicted molar refractivity (Wildman–Crippen MR) is 85.5 cm³/mol. The van der Waals surface area contributed by atoms with Crippen LogP contribution in [0.5, 0.6) is 0 Å². The third-order valence-electron chi connectivity index (χ3n) is 4.49. The summed E-state index contributed by atoms with van der Waals surface area (Å²) in [5.41, 5.74) is 3.69. The molecule has 1 aliphatic carbocycles. The van der Waals surface area contributed by atoms with Crippen LogP contribution in [0.4, 0.5) is 0 Å². The fourth-order valence-electron chi connectivity index (χ4n) is 3.30. The molecule has 1 unspecified atom stereocenters. The second-order valence-electron chi connectivity index (χ2n) is 5.74. The third kappa shape index (κ3) is 2.06. The van der Waals surface area contributed by atoms with Crippen molar-refractivity contribution < 1.29 is 4.79 Å². The average molecular weight is 272 g/mol. The Morgan fingerprint density at radius 3 is 2.57 bits per heavy atom. The molecule has 0 radical (unpaired) electrons. The molecule has 0 spiro atoms. The van der Waals surface area contributed by atoms with E-state index in [2.05, 4.69) is 36.4 Å². The molecule has 0 N–H and O–H groups in total. The Labute approximate surface area is 124 Å². The zero-order valence-corrected chi connectivity index (χ0v) is 11.8. The van der Waals surface area contributed by atoms with Gasteiger partial charge in [-0.1, -0.05) is 66.7 Å². The molecule has 0 bridgehead atoms. The Morgan fingerprint density at radius 2 is 1.67 bits per heavy atom. The highest BCUT2D eigenvalue weighted by atomic mass is 16.1. The van der Waals surface area contributed by atoms with Crippen LogP contribution in [0.1, 0.15) is 22.6 Å². The Kier molecular flexibility index (Phi) is 2.85. The van der Waals surface area contributed by atoms with Gasteiger partial charge in [0.2, 0.25) is 0 Å². The molecule has 3 aromatic rings. The van der Waals surface area contributed by atoms with Crippen LogP contribution < -0.4 is 0 Å². The molecule has 1 atom stereocenters.